The molecule has 0 bridgehead atoms. The minimum atomic E-state index is -0.542. The fourth-order valence-electron chi connectivity index (χ4n) is 4.42. The topological polar surface area (TPSA) is 75.9 Å². The summed E-state index contributed by atoms with van der Waals surface area (Å²) in [5.74, 6) is 0.212. The molecule has 3 aromatic carbocycles. The number of nitrogens with zero attached hydrogens (tertiary/aromatic N) is 4. The van der Waals surface area contributed by atoms with Crippen molar-refractivity contribution in [1.82, 2.24) is 24.0 Å². The summed E-state index contributed by atoms with van der Waals surface area (Å²) in [7, 11) is 1.57. The van der Waals surface area contributed by atoms with Crippen molar-refractivity contribution in [1.29, 1.82) is 0 Å². The molecule has 0 radical (unpaired) electrons. The number of nitrogens with one attached hydrogen (secondary N) is 1. The van der Waals surface area contributed by atoms with Crippen LogP contribution in [-0.2, 0) is 33.2 Å². The van der Waals surface area contributed by atoms with E-state index in [0.717, 1.165) is 11.1 Å². The van der Waals surface area contributed by atoms with E-state index in [4.69, 9.17) is 4.98 Å². The molecule has 0 spiro atoms. The van der Waals surface area contributed by atoms with Gasteiger partial charge in [-0.1, -0.05) is 78.9 Å². The van der Waals surface area contributed by atoms with Gasteiger partial charge in [0.1, 0.15) is 11.6 Å². The molecule has 0 fully saturated rings. The van der Waals surface area contributed by atoms with Crippen LogP contribution in [0.15, 0.2) is 94.5 Å². The van der Waals surface area contributed by atoms with E-state index >= 15 is 0 Å². The molecule has 0 aliphatic carbocycles. The van der Waals surface area contributed by atoms with Gasteiger partial charge in [0.2, 0.25) is 0 Å². The Morgan fingerprint density at radius 3 is 2.03 bits per heavy atom. The van der Waals surface area contributed by atoms with E-state index in [1.54, 1.807) is 29.8 Å². The van der Waals surface area contributed by atoms with Crippen molar-refractivity contribution in [2.75, 3.05) is 0 Å². The van der Waals surface area contributed by atoms with Gasteiger partial charge in [-0.3, -0.25) is 19.2 Å². The van der Waals surface area contributed by atoms with Gasteiger partial charge in [-0.25, -0.2) is 14.2 Å². The molecule has 2 heterocycles. The summed E-state index contributed by atoms with van der Waals surface area (Å²) in [4.78, 5) is 34.5. The van der Waals surface area contributed by atoms with E-state index in [9.17, 15) is 14.0 Å². The number of hydrogen-bond acceptors (Lipinski definition) is 4. The number of fused-ring (bicyclic) bond motifs is 1. The highest BCUT2D eigenvalue weighted by molar-refractivity contribution is 5.71. The molecular weight excluding hydrogens is 457 g/mol. The number of aryl methyl sites for hydroxylation is 1. The highest BCUT2D eigenvalue weighted by Crippen LogP contribution is 2.19. The first-order valence-corrected chi connectivity index (χ1v) is 11.7. The Morgan fingerprint density at radius 1 is 0.833 bits per heavy atom. The lowest BCUT2D eigenvalue weighted by molar-refractivity contribution is 0.238. The summed E-state index contributed by atoms with van der Waals surface area (Å²) in [6.45, 7) is 1.80. The smallest absolute Gasteiger partial charge is 0.316 e. The SMILES string of the molecule is Cn1c(=O)[nH]c(=O)c2c1nc(CN(Cc1ccccc1)Cc1ccccc1)n2Cc1ccccc1F. The van der Waals surface area contributed by atoms with E-state index in [2.05, 4.69) is 34.1 Å². The van der Waals surface area contributed by atoms with Crippen molar-refractivity contribution >= 4 is 11.2 Å². The van der Waals surface area contributed by atoms with E-state index in [1.165, 1.54) is 10.6 Å². The third kappa shape index (κ3) is 4.89. The summed E-state index contributed by atoms with van der Waals surface area (Å²) in [6, 6.07) is 26.7. The Balaban J connectivity index is 1.60. The fourth-order valence-corrected chi connectivity index (χ4v) is 4.42. The zero-order valence-corrected chi connectivity index (χ0v) is 19.9. The lowest BCUT2D eigenvalue weighted by Gasteiger charge is -2.23. The van der Waals surface area contributed by atoms with Gasteiger partial charge in [0.25, 0.3) is 5.56 Å². The van der Waals surface area contributed by atoms with Gasteiger partial charge in [-0.2, -0.15) is 0 Å². The molecule has 0 aliphatic rings. The second kappa shape index (κ2) is 10.1. The number of H-pyrrole nitrogens is 1. The maximum atomic E-state index is 14.6. The van der Waals surface area contributed by atoms with Gasteiger partial charge in [-0.15, -0.1) is 0 Å². The highest BCUT2D eigenvalue weighted by atomic mass is 19.1. The van der Waals surface area contributed by atoms with Crippen molar-refractivity contribution in [2.45, 2.75) is 26.2 Å². The van der Waals surface area contributed by atoms with Crippen molar-refractivity contribution in [3.8, 4) is 0 Å². The van der Waals surface area contributed by atoms with E-state index < -0.39 is 11.2 Å². The van der Waals surface area contributed by atoms with Crippen molar-refractivity contribution in [3.63, 3.8) is 0 Å². The van der Waals surface area contributed by atoms with Crippen LogP contribution in [0.4, 0.5) is 4.39 Å². The maximum absolute atomic E-state index is 14.6. The van der Waals surface area contributed by atoms with Crippen LogP contribution in [0.1, 0.15) is 22.5 Å². The minimum Gasteiger partial charge on any atom is -0.316 e. The van der Waals surface area contributed by atoms with E-state index in [1.807, 2.05) is 36.4 Å². The lowest BCUT2D eigenvalue weighted by Crippen LogP contribution is -2.29. The molecule has 0 saturated carbocycles. The monoisotopic (exact) mass is 483 g/mol. The summed E-state index contributed by atoms with van der Waals surface area (Å²) in [5, 5.41) is 0. The molecule has 0 unspecified atom stereocenters. The molecule has 0 saturated heterocycles. The quantitative estimate of drug-likeness (QED) is 0.364. The number of rotatable bonds is 8. The van der Waals surface area contributed by atoms with Gasteiger partial charge in [0.05, 0.1) is 13.1 Å². The number of hydrogen-bond donors (Lipinski definition) is 1. The normalized spacial score (nSPS) is 11.4. The van der Waals surface area contributed by atoms with Crippen molar-refractivity contribution < 1.29 is 4.39 Å². The number of benzene rings is 3. The zero-order chi connectivity index (χ0) is 25.1. The Kier molecular flexibility index (Phi) is 6.60. The maximum Gasteiger partial charge on any atom is 0.329 e. The van der Waals surface area contributed by atoms with Crippen molar-refractivity contribution in [3.05, 3.63) is 134 Å². The first-order valence-electron chi connectivity index (χ1n) is 11.7. The predicted octanol–water partition coefficient (Wildman–Crippen LogP) is 3.81. The van der Waals surface area contributed by atoms with Crippen LogP contribution < -0.4 is 11.2 Å². The van der Waals surface area contributed by atoms with E-state index in [-0.39, 0.29) is 23.5 Å². The van der Waals surface area contributed by atoms with Gasteiger partial charge < -0.3 is 4.57 Å². The molecule has 0 atom stereocenters. The predicted molar refractivity (Wildman–Crippen MR) is 137 cm³/mol. The van der Waals surface area contributed by atoms with Crippen LogP contribution in [0.5, 0.6) is 0 Å². The molecular formula is C28H26FN5O2. The molecule has 36 heavy (non-hydrogen) atoms. The van der Waals surface area contributed by atoms with E-state index in [0.29, 0.717) is 31.0 Å². The van der Waals surface area contributed by atoms with Crippen LogP contribution in [0.2, 0.25) is 0 Å². The first kappa shape index (κ1) is 23.4. The van der Waals surface area contributed by atoms with Gasteiger partial charge in [0.15, 0.2) is 11.2 Å². The molecule has 5 aromatic rings. The number of aromatic nitrogens is 4. The molecule has 1 N–H and O–H groups in total. The molecule has 182 valence electrons. The van der Waals surface area contributed by atoms with Crippen LogP contribution in [0, 0.1) is 5.82 Å². The average molecular weight is 484 g/mol. The second-order valence-electron chi connectivity index (χ2n) is 8.81. The van der Waals surface area contributed by atoms with Gasteiger partial charge in [0, 0.05) is 25.7 Å². The second-order valence-corrected chi connectivity index (χ2v) is 8.81. The van der Waals surface area contributed by atoms with Gasteiger partial charge in [-0.05, 0) is 17.2 Å². The highest BCUT2D eigenvalue weighted by Gasteiger charge is 2.21. The third-order valence-corrected chi connectivity index (χ3v) is 6.24. The summed E-state index contributed by atoms with van der Waals surface area (Å²) in [6.07, 6.45) is 0. The molecule has 2 aromatic heterocycles. The number of imidazole rings is 1. The van der Waals surface area contributed by atoms with Crippen LogP contribution >= 0.6 is 0 Å². The molecule has 8 heteroatoms. The summed E-state index contributed by atoms with van der Waals surface area (Å²) < 4.78 is 17.6. The number of halogens is 1. The lowest BCUT2D eigenvalue weighted by atomic mass is 10.1. The Hall–Kier alpha value is -4.30. The first-order chi connectivity index (χ1) is 17.5. The molecule has 0 aliphatic heterocycles. The molecule has 7 nitrogen and oxygen atoms in total. The largest absolute Gasteiger partial charge is 0.329 e. The summed E-state index contributed by atoms with van der Waals surface area (Å²) >= 11 is 0. The zero-order valence-electron chi connectivity index (χ0n) is 19.9. The Bertz CT molecular complexity index is 1570. The fraction of sp³-hybridized carbons (Fsp3) is 0.179. The minimum absolute atomic E-state index is 0.115. The van der Waals surface area contributed by atoms with Gasteiger partial charge >= 0.3 is 5.69 Å². The third-order valence-electron chi connectivity index (χ3n) is 6.24. The Morgan fingerprint density at radius 2 is 1.42 bits per heavy atom. The average Bonchev–Trinajstić information content (AvgIpc) is 3.23. The Labute approximate surface area is 207 Å². The standard InChI is InChI=1S/C28H26FN5O2/c1-32-26-25(27(35)31-28(32)36)34(18-22-14-8-9-15-23(22)29)24(30-26)19-33(16-20-10-4-2-5-11-20)17-21-12-6-3-7-13-21/h2-15H,16-19H2,1H3,(H,31,35,36). The van der Waals surface area contributed by atoms with Crippen LogP contribution in [-0.4, -0.2) is 24.0 Å². The summed E-state index contributed by atoms with van der Waals surface area (Å²) in [5.41, 5.74) is 2.14. The molecule has 5 rings (SSSR count). The molecule has 0 amide bonds. The van der Waals surface area contributed by atoms with Crippen molar-refractivity contribution in [2.24, 2.45) is 7.05 Å². The van der Waals surface area contributed by atoms with Crippen LogP contribution in [0.25, 0.3) is 11.2 Å². The van der Waals surface area contributed by atoms with Crippen LogP contribution in [0.3, 0.4) is 0 Å². The number of aromatic amines is 1.